The van der Waals surface area contributed by atoms with Crippen LogP contribution in [0.2, 0.25) is 0 Å². The molecule has 1 heterocycles. The van der Waals surface area contributed by atoms with Crippen molar-refractivity contribution >= 4 is 50.5 Å². The molecule has 0 spiro atoms. The summed E-state index contributed by atoms with van der Waals surface area (Å²) >= 11 is 1.42. The molecule has 6 rings (SSSR count). The molecule has 8 atom stereocenters. The van der Waals surface area contributed by atoms with Crippen molar-refractivity contribution in [1.29, 1.82) is 0 Å². The van der Waals surface area contributed by atoms with E-state index < -0.39 is 76.4 Å². The zero-order valence-electron chi connectivity index (χ0n) is 22.4. The maximum absolute atomic E-state index is 14.1. The van der Waals surface area contributed by atoms with Crippen LogP contribution < -0.4 is 5.73 Å². The van der Waals surface area contributed by atoms with Crippen LogP contribution in [-0.2, 0) is 19.2 Å². The molecule has 2 saturated carbocycles. The highest BCUT2D eigenvalue weighted by atomic mass is 32.1. The molecule has 3 aromatic rings. The van der Waals surface area contributed by atoms with Crippen LogP contribution in [0.25, 0.3) is 20.5 Å². The van der Waals surface area contributed by atoms with Crippen molar-refractivity contribution in [1.82, 2.24) is 4.90 Å². The number of nitrogens with two attached hydrogens (primary N) is 1. The molecule has 41 heavy (non-hydrogen) atoms. The Bertz CT molecular complexity index is 1660. The van der Waals surface area contributed by atoms with Gasteiger partial charge in [-0.25, -0.2) is 0 Å². The second kappa shape index (κ2) is 9.12. The Morgan fingerprint density at radius 2 is 1.73 bits per heavy atom. The number of likely N-dealkylation sites (N-methyl/N-ethyl adjacent to an activating group) is 1. The molecule has 2 aromatic carbocycles. The monoisotopic (exact) mass is 576 g/mol. The van der Waals surface area contributed by atoms with Gasteiger partial charge in [0.25, 0.3) is 0 Å². The molecule has 11 heteroatoms. The van der Waals surface area contributed by atoms with Gasteiger partial charge in [0.1, 0.15) is 5.75 Å². The lowest BCUT2D eigenvalue weighted by molar-refractivity contribution is -0.196. The molecular weight excluding hydrogens is 548 g/mol. The molecule has 0 bridgehead atoms. The van der Waals surface area contributed by atoms with Gasteiger partial charge >= 0.3 is 0 Å². The number of amides is 1. The molecule has 10 nitrogen and oxygen atoms in total. The van der Waals surface area contributed by atoms with E-state index >= 15 is 0 Å². The molecule has 3 aliphatic carbocycles. The summed E-state index contributed by atoms with van der Waals surface area (Å²) in [4.78, 5) is 69.1. The first kappa shape index (κ1) is 27.4. The van der Waals surface area contributed by atoms with Crippen molar-refractivity contribution in [2.45, 2.75) is 30.6 Å². The summed E-state index contributed by atoms with van der Waals surface area (Å²) in [6, 6.07) is 11.5. The zero-order chi connectivity index (χ0) is 29.7. The van der Waals surface area contributed by atoms with Gasteiger partial charge in [0, 0.05) is 21.1 Å². The topological polar surface area (TPSA) is 175 Å². The number of hydrogen-bond donors (Lipinski definition) is 4. The molecule has 0 saturated heterocycles. The number of fused-ring (bicyclic) bond motifs is 4. The van der Waals surface area contributed by atoms with Crippen LogP contribution in [0.15, 0.2) is 42.5 Å². The van der Waals surface area contributed by atoms with Gasteiger partial charge in [-0.05, 0) is 49.2 Å². The van der Waals surface area contributed by atoms with E-state index in [1.54, 1.807) is 19.1 Å². The van der Waals surface area contributed by atoms with E-state index in [1.165, 1.54) is 30.3 Å². The van der Waals surface area contributed by atoms with Crippen LogP contribution in [0.4, 0.5) is 0 Å². The number of phenolic OH excluding ortho intramolecular Hbond substituents is 1. The van der Waals surface area contributed by atoms with Gasteiger partial charge in [-0.3, -0.25) is 28.9 Å². The summed E-state index contributed by atoms with van der Waals surface area (Å²) in [7, 11) is 2.91. The Kier molecular flexibility index (Phi) is 6.09. The zero-order valence-corrected chi connectivity index (χ0v) is 23.2. The number of aliphatic hydroxyl groups excluding tert-OH is 1. The Morgan fingerprint density at radius 1 is 1.05 bits per heavy atom. The molecule has 0 radical (unpaired) electrons. The van der Waals surface area contributed by atoms with Gasteiger partial charge in [0.2, 0.25) is 5.91 Å². The van der Waals surface area contributed by atoms with E-state index in [-0.39, 0.29) is 11.3 Å². The first-order valence-electron chi connectivity index (χ1n) is 13.2. The molecule has 1 aromatic heterocycles. The van der Waals surface area contributed by atoms with E-state index in [0.717, 1.165) is 10.1 Å². The molecular formula is C30H28N2O8S. The Hall–Kier alpha value is -3.77. The van der Waals surface area contributed by atoms with Gasteiger partial charge in [0.05, 0.1) is 29.5 Å². The van der Waals surface area contributed by atoms with E-state index in [1.807, 2.05) is 30.3 Å². The lowest BCUT2D eigenvalue weighted by atomic mass is 9.49. The highest BCUT2D eigenvalue weighted by Gasteiger charge is 2.72. The Morgan fingerprint density at radius 3 is 2.37 bits per heavy atom. The Balaban J connectivity index is 1.52. The van der Waals surface area contributed by atoms with Crippen molar-refractivity contribution in [3.8, 4) is 16.2 Å². The average molecular weight is 577 g/mol. The molecule has 212 valence electrons. The summed E-state index contributed by atoms with van der Waals surface area (Å²) in [5.74, 6) is -13.3. The highest BCUT2D eigenvalue weighted by molar-refractivity contribution is 7.22. The standard InChI is InChI=1S/C30H28N2O8S/c1-11-13-8-9-14(16-10-12-6-4-5-7-15(12)41-16)23(33)18(13)24(34)19-17(11)25(35)21-22(32(2)3)26(36)20(29(31)39)28(38)30(21,40)27(19)37/h4-11,17,19-22,25,33,35,40H,1-3H3,(H2,31,39). The minimum Gasteiger partial charge on any atom is -0.506 e. The minimum absolute atomic E-state index is 0.119. The molecule has 3 aliphatic rings. The fourth-order valence-electron chi connectivity index (χ4n) is 7.30. The predicted molar refractivity (Wildman–Crippen MR) is 148 cm³/mol. The number of carbonyl (C=O) groups is 5. The van der Waals surface area contributed by atoms with Crippen LogP contribution in [0.5, 0.6) is 5.75 Å². The largest absolute Gasteiger partial charge is 0.506 e. The van der Waals surface area contributed by atoms with E-state index in [4.69, 9.17) is 5.73 Å². The second-order valence-electron chi connectivity index (χ2n) is 11.4. The number of carbonyl (C=O) groups excluding carboxylic acids is 5. The lowest BCUT2D eigenvalue weighted by Gasteiger charge is -2.56. The van der Waals surface area contributed by atoms with Gasteiger partial charge in [0.15, 0.2) is 34.7 Å². The molecule has 1 amide bonds. The number of aromatic hydroxyl groups is 1. The smallest absolute Gasteiger partial charge is 0.235 e. The van der Waals surface area contributed by atoms with Gasteiger partial charge in [-0.1, -0.05) is 31.2 Å². The van der Waals surface area contributed by atoms with Crippen LogP contribution in [0, 0.1) is 23.7 Å². The number of benzene rings is 2. The maximum atomic E-state index is 14.1. The van der Waals surface area contributed by atoms with E-state index in [9.17, 15) is 39.3 Å². The quantitative estimate of drug-likeness (QED) is 0.335. The van der Waals surface area contributed by atoms with Crippen molar-refractivity contribution in [3.05, 3.63) is 53.6 Å². The predicted octanol–water partition coefficient (Wildman–Crippen LogP) is 1.28. The van der Waals surface area contributed by atoms with Crippen LogP contribution in [0.3, 0.4) is 0 Å². The SMILES string of the molecule is CC1c2ccc(-c3cc4ccccc4s3)c(O)c2C(=O)C2C(=O)C3(O)C(=O)C(C(N)=O)C(=O)C(N(C)C)C3C(O)C21. The number of aliphatic hydroxyl groups is 2. The normalized spacial score (nSPS) is 33.1. The van der Waals surface area contributed by atoms with Crippen molar-refractivity contribution in [2.75, 3.05) is 14.1 Å². The fraction of sp³-hybridized carbons (Fsp3) is 0.367. The Labute approximate surface area is 238 Å². The lowest BCUT2D eigenvalue weighted by Crippen LogP contribution is -2.77. The third kappa shape index (κ3) is 3.49. The number of Topliss-reactive ketones (excluding diaryl/α,β-unsaturated/α-hetero) is 4. The summed E-state index contributed by atoms with van der Waals surface area (Å²) in [6.45, 7) is 1.69. The van der Waals surface area contributed by atoms with Gasteiger partial charge in [-0.15, -0.1) is 11.3 Å². The number of phenols is 1. The van der Waals surface area contributed by atoms with Gasteiger partial charge < -0.3 is 21.1 Å². The number of primary amides is 1. The highest BCUT2D eigenvalue weighted by Crippen LogP contribution is 2.55. The third-order valence-corrected chi connectivity index (χ3v) is 10.3. The van der Waals surface area contributed by atoms with Crippen molar-refractivity contribution in [2.24, 2.45) is 29.4 Å². The fourth-order valence-corrected chi connectivity index (χ4v) is 8.39. The van der Waals surface area contributed by atoms with Crippen LogP contribution >= 0.6 is 11.3 Å². The van der Waals surface area contributed by atoms with Crippen LogP contribution in [-0.4, -0.2) is 81.1 Å². The molecule has 5 N–H and O–H groups in total. The summed E-state index contributed by atoms with van der Waals surface area (Å²) in [6.07, 6.45) is -1.66. The third-order valence-electron chi connectivity index (χ3n) is 9.18. The minimum atomic E-state index is -3.02. The molecule has 2 fully saturated rings. The summed E-state index contributed by atoms with van der Waals surface area (Å²) in [5.41, 5.74) is 3.00. The number of ketones is 4. The number of nitrogens with zero attached hydrogens (tertiary/aromatic N) is 1. The number of thiophene rings is 1. The first-order valence-corrected chi connectivity index (χ1v) is 14.0. The second-order valence-corrected chi connectivity index (χ2v) is 12.5. The van der Waals surface area contributed by atoms with E-state index in [0.29, 0.717) is 16.0 Å². The molecule has 0 aliphatic heterocycles. The maximum Gasteiger partial charge on any atom is 0.235 e. The van der Waals surface area contributed by atoms with Crippen molar-refractivity contribution < 1.29 is 39.3 Å². The van der Waals surface area contributed by atoms with Crippen LogP contribution in [0.1, 0.15) is 28.8 Å². The van der Waals surface area contributed by atoms with Gasteiger partial charge in [-0.2, -0.15) is 0 Å². The average Bonchev–Trinajstić information content (AvgIpc) is 3.34. The van der Waals surface area contributed by atoms with E-state index in [2.05, 4.69) is 0 Å². The summed E-state index contributed by atoms with van der Waals surface area (Å²) < 4.78 is 0.975. The number of rotatable bonds is 3. The van der Waals surface area contributed by atoms with Crippen molar-refractivity contribution in [3.63, 3.8) is 0 Å². The first-order chi connectivity index (χ1) is 19.3. The summed E-state index contributed by atoms with van der Waals surface area (Å²) in [5, 5.41) is 35.8. The number of hydrogen-bond acceptors (Lipinski definition) is 10. The molecule has 8 unspecified atom stereocenters.